The van der Waals surface area contributed by atoms with Crippen LogP contribution in [0, 0.1) is 0 Å². The Balaban J connectivity index is 3.02. The Morgan fingerprint density at radius 3 is 2.57 bits per heavy atom. The van der Waals surface area contributed by atoms with Crippen LogP contribution in [0.15, 0.2) is 18.2 Å². The first-order chi connectivity index (χ1) is 6.56. The van der Waals surface area contributed by atoms with E-state index < -0.39 is 12.1 Å². The van der Waals surface area contributed by atoms with Gasteiger partial charge in [-0.2, -0.15) is 0 Å². The van der Waals surface area contributed by atoms with Crippen LogP contribution in [0.2, 0.25) is 0 Å². The molecule has 3 N–H and O–H groups in total. The lowest BCUT2D eigenvalue weighted by Crippen LogP contribution is -2.10. The van der Waals surface area contributed by atoms with Crippen molar-refractivity contribution in [3.05, 3.63) is 23.8 Å². The predicted molar refractivity (Wildman–Crippen MR) is 47.3 cm³/mol. The summed E-state index contributed by atoms with van der Waals surface area (Å²) in [7, 11) is 1.38. The number of carbonyl (C=O) groups is 1. The van der Waals surface area contributed by atoms with Gasteiger partial charge in [-0.3, -0.25) is 0 Å². The Labute approximate surface area is 80.2 Å². The van der Waals surface area contributed by atoms with E-state index >= 15 is 0 Å². The Bertz CT molecular complexity index is 347. The smallest absolute Gasteiger partial charge is 0.337 e. The standard InChI is InChI=1S/C9H10O5/c1-14-7-3-2-5(4-6(7)10)8(11)9(12)13/h2-4,8,10-11H,1H3,(H,12,13). The molecular weight excluding hydrogens is 188 g/mol. The third-order valence-corrected chi connectivity index (χ3v) is 1.75. The summed E-state index contributed by atoms with van der Waals surface area (Å²) < 4.78 is 4.76. The van der Waals surface area contributed by atoms with E-state index in [-0.39, 0.29) is 17.1 Å². The number of hydrogen-bond acceptors (Lipinski definition) is 4. The van der Waals surface area contributed by atoms with Gasteiger partial charge in [0.1, 0.15) is 0 Å². The lowest BCUT2D eigenvalue weighted by Gasteiger charge is -2.08. The second-order valence-corrected chi connectivity index (χ2v) is 2.67. The van der Waals surface area contributed by atoms with Crippen LogP contribution in [0.3, 0.4) is 0 Å². The summed E-state index contributed by atoms with van der Waals surface area (Å²) >= 11 is 0. The maximum atomic E-state index is 10.4. The van der Waals surface area contributed by atoms with Crippen LogP contribution < -0.4 is 4.74 Å². The molecule has 0 saturated carbocycles. The molecule has 76 valence electrons. The van der Waals surface area contributed by atoms with E-state index in [9.17, 15) is 9.90 Å². The van der Waals surface area contributed by atoms with E-state index in [1.165, 1.54) is 19.2 Å². The first-order valence-electron chi connectivity index (χ1n) is 3.84. The van der Waals surface area contributed by atoms with Crippen molar-refractivity contribution in [2.45, 2.75) is 6.10 Å². The van der Waals surface area contributed by atoms with Crippen molar-refractivity contribution >= 4 is 5.97 Å². The quantitative estimate of drug-likeness (QED) is 0.659. The minimum absolute atomic E-state index is 0.107. The molecule has 1 rings (SSSR count). The maximum absolute atomic E-state index is 10.4. The van der Waals surface area contributed by atoms with Crippen LogP contribution in [0.5, 0.6) is 11.5 Å². The molecule has 0 bridgehead atoms. The van der Waals surface area contributed by atoms with Gasteiger partial charge < -0.3 is 20.1 Å². The van der Waals surface area contributed by atoms with Crippen LogP contribution in [0.25, 0.3) is 0 Å². The average Bonchev–Trinajstić information content (AvgIpc) is 2.16. The van der Waals surface area contributed by atoms with Gasteiger partial charge in [-0.05, 0) is 17.7 Å². The van der Waals surface area contributed by atoms with Gasteiger partial charge in [0.25, 0.3) is 0 Å². The van der Waals surface area contributed by atoms with Crippen molar-refractivity contribution in [3.8, 4) is 11.5 Å². The van der Waals surface area contributed by atoms with Gasteiger partial charge in [0, 0.05) is 0 Å². The van der Waals surface area contributed by atoms with Gasteiger partial charge in [0.05, 0.1) is 7.11 Å². The largest absolute Gasteiger partial charge is 0.504 e. The molecule has 0 aliphatic heterocycles. The van der Waals surface area contributed by atoms with Gasteiger partial charge >= 0.3 is 5.97 Å². The van der Waals surface area contributed by atoms with Gasteiger partial charge in [0.2, 0.25) is 0 Å². The Morgan fingerprint density at radius 1 is 1.50 bits per heavy atom. The second kappa shape index (κ2) is 3.97. The van der Waals surface area contributed by atoms with E-state index in [1.807, 2.05) is 0 Å². The summed E-state index contributed by atoms with van der Waals surface area (Å²) in [6.07, 6.45) is -1.63. The first-order valence-corrected chi connectivity index (χ1v) is 3.84. The second-order valence-electron chi connectivity index (χ2n) is 2.67. The molecule has 1 unspecified atom stereocenters. The molecule has 0 heterocycles. The molecule has 1 aromatic rings. The van der Waals surface area contributed by atoms with E-state index in [1.54, 1.807) is 0 Å². The number of phenols is 1. The monoisotopic (exact) mass is 198 g/mol. The van der Waals surface area contributed by atoms with Crippen LogP contribution in [0.4, 0.5) is 0 Å². The third-order valence-electron chi connectivity index (χ3n) is 1.75. The highest BCUT2D eigenvalue weighted by Crippen LogP contribution is 2.28. The number of aliphatic hydroxyl groups excluding tert-OH is 1. The molecule has 5 nitrogen and oxygen atoms in total. The van der Waals surface area contributed by atoms with E-state index in [2.05, 4.69) is 0 Å². The fourth-order valence-electron chi connectivity index (χ4n) is 1.02. The predicted octanol–water partition coefficient (Wildman–Crippen LogP) is 0.519. The molecule has 1 atom stereocenters. The zero-order valence-electron chi connectivity index (χ0n) is 7.47. The van der Waals surface area contributed by atoms with E-state index in [4.69, 9.17) is 14.9 Å². The molecule has 0 aliphatic carbocycles. The highest BCUT2D eigenvalue weighted by molar-refractivity contribution is 5.74. The molecule has 0 saturated heterocycles. The Kier molecular flexibility index (Phi) is 2.93. The minimum atomic E-state index is -1.63. The van der Waals surface area contributed by atoms with Crippen LogP contribution >= 0.6 is 0 Å². The van der Waals surface area contributed by atoms with Crippen LogP contribution in [-0.4, -0.2) is 28.4 Å². The number of benzene rings is 1. The molecule has 0 amide bonds. The van der Waals surface area contributed by atoms with E-state index in [0.717, 1.165) is 6.07 Å². The van der Waals surface area contributed by atoms with Gasteiger partial charge in [-0.25, -0.2) is 4.79 Å². The molecule has 0 spiro atoms. The van der Waals surface area contributed by atoms with Crippen LogP contribution in [0.1, 0.15) is 11.7 Å². The van der Waals surface area contributed by atoms with Crippen molar-refractivity contribution in [1.29, 1.82) is 0 Å². The topological polar surface area (TPSA) is 87.0 Å². The molecule has 0 radical (unpaired) electrons. The fourth-order valence-corrected chi connectivity index (χ4v) is 1.02. The minimum Gasteiger partial charge on any atom is -0.504 e. The number of hydrogen-bond donors (Lipinski definition) is 3. The number of methoxy groups -OCH3 is 1. The number of aliphatic carboxylic acids is 1. The maximum Gasteiger partial charge on any atom is 0.337 e. The number of ether oxygens (including phenoxy) is 1. The summed E-state index contributed by atoms with van der Waals surface area (Å²) in [4.78, 5) is 10.4. The lowest BCUT2D eigenvalue weighted by molar-refractivity contribution is -0.146. The van der Waals surface area contributed by atoms with Crippen molar-refractivity contribution in [2.75, 3.05) is 7.11 Å². The number of carboxylic acid groups (broad SMARTS) is 1. The molecular formula is C9H10O5. The third kappa shape index (κ3) is 1.94. The Hall–Kier alpha value is -1.75. The van der Waals surface area contributed by atoms with Crippen molar-refractivity contribution < 1.29 is 24.9 Å². The fraction of sp³-hybridized carbons (Fsp3) is 0.222. The molecule has 0 aromatic heterocycles. The van der Waals surface area contributed by atoms with Crippen LogP contribution in [-0.2, 0) is 4.79 Å². The number of aromatic hydroxyl groups is 1. The van der Waals surface area contributed by atoms with Crippen molar-refractivity contribution in [1.82, 2.24) is 0 Å². The highest BCUT2D eigenvalue weighted by Gasteiger charge is 2.17. The molecule has 0 aliphatic rings. The number of rotatable bonds is 3. The van der Waals surface area contributed by atoms with Gasteiger partial charge in [-0.15, -0.1) is 0 Å². The molecule has 0 fully saturated rings. The lowest BCUT2D eigenvalue weighted by atomic mass is 10.1. The molecule has 5 heteroatoms. The number of aliphatic hydroxyl groups is 1. The average molecular weight is 198 g/mol. The van der Waals surface area contributed by atoms with E-state index in [0.29, 0.717) is 0 Å². The zero-order valence-corrected chi connectivity index (χ0v) is 7.47. The highest BCUT2D eigenvalue weighted by atomic mass is 16.5. The normalized spacial score (nSPS) is 12.1. The van der Waals surface area contributed by atoms with Gasteiger partial charge in [0.15, 0.2) is 17.6 Å². The van der Waals surface area contributed by atoms with Crippen molar-refractivity contribution in [2.24, 2.45) is 0 Å². The van der Waals surface area contributed by atoms with Gasteiger partial charge in [-0.1, -0.05) is 6.07 Å². The summed E-state index contributed by atoms with van der Waals surface area (Å²) in [5.74, 6) is -1.34. The summed E-state index contributed by atoms with van der Waals surface area (Å²) in [5.41, 5.74) is 0.107. The Morgan fingerprint density at radius 2 is 2.14 bits per heavy atom. The summed E-state index contributed by atoms with van der Waals surface area (Å²) in [5, 5.41) is 26.9. The number of carboxylic acids is 1. The summed E-state index contributed by atoms with van der Waals surface area (Å²) in [6, 6.07) is 3.91. The number of phenolic OH excluding ortho intramolecular Hbond substituents is 1. The molecule has 14 heavy (non-hydrogen) atoms. The SMILES string of the molecule is COc1ccc(C(O)C(=O)O)cc1O. The zero-order chi connectivity index (χ0) is 10.7. The molecule has 1 aromatic carbocycles. The first kappa shape index (κ1) is 10.3. The summed E-state index contributed by atoms with van der Waals surface area (Å²) in [6.45, 7) is 0. The van der Waals surface area contributed by atoms with Crippen molar-refractivity contribution in [3.63, 3.8) is 0 Å².